The molecule has 3 heterocycles. The van der Waals surface area contributed by atoms with Crippen LogP contribution in [0.4, 0.5) is 5.69 Å². The van der Waals surface area contributed by atoms with Crippen molar-refractivity contribution in [1.29, 1.82) is 0 Å². The third-order valence-electron chi connectivity index (χ3n) is 8.42. The molecule has 222 valence electrons. The van der Waals surface area contributed by atoms with Crippen LogP contribution in [0.2, 0.25) is 0 Å². The Hall–Kier alpha value is -5.08. The Morgan fingerprint density at radius 1 is 0.841 bits per heavy atom. The topological polar surface area (TPSA) is 74.3 Å². The predicted molar refractivity (Wildman–Crippen MR) is 170 cm³/mol. The summed E-state index contributed by atoms with van der Waals surface area (Å²) in [6.45, 7) is 4.58. The molecule has 3 aliphatic rings. The lowest BCUT2D eigenvalue weighted by Gasteiger charge is -2.34. The second-order valence-corrected chi connectivity index (χ2v) is 11.2. The molecule has 2 amide bonds. The van der Waals surface area contributed by atoms with Crippen LogP contribution in [-0.4, -0.2) is 66.0 Å². The summed E-state index contributed by atoms with van der Waals surface area (Å²) < 4.78 is 11.0. The Morgan fingerprint density at radius 2 is 1.59 bits per heavy atom. The maximum Gasteiger partial charge on any atom is 0.256 e. The van der Waals surface area contributed by atoms with E-state index >= 15 is 0 Å². The van der Waals surface area contributed by atoms with Crippen LogP contribution in [0.5, 0.6) is 11.5 Å². The number of hydrogen-bond donors (Lipinski definition) is 1. The zero-order valence-electron chi connectivity index (χ0n) is 24.4. The van der Waals surface area contributed by atoms with Crippen LogP contribution in [0.15, 0.2) is 103 Å². The van der Waals surface area contributed by atoms with Crippen molar-refractivity contribution in [3.05, 3.63) is 131 Å². The lowest BCUT2D eigenvalue weighted by atomic mass is 10.1. The second-order valence-electron chi connectivity index (χ2n) is 11.2. The van der Waals surface area contributed by atoms with Gasteiger partial charge in [0.05, 0.1) is 0 Å². The fraction of sp³-hybridized carbons (Fsp3) is 0.222. The van der Waals surface area contributed by atoms with Crippen LogP contribution >= 0.6 is 0 Å². The third-order valence-corrected chi connectivity index (χ3v) is 8.42. The molecule has 1 N–H and O–H groups in total. The molecule has 0 radical (unpaired) electrons. The maximum absolute atomic E-state index is 13.5. The van der Waals surface area contributed by atoms with Crippen LogP contribution in [-0.2, 0) is 6.54 Å². The molecule has 4 aromatic rings. The fourth-order valence-electron chi connectivity index (χ4n) is 6.01. The zero-order valence-corrected chi connectivity index (χ0v) is 24.4. The summed E-state index contributed by atoms with van der Waals surface area (Å²) in [6.07, 6.45) is 3.98. The van der Waals surface area contributed by atoms with E-state index in [1.807, 2.05) is 94.7 Å². The van der Waals surface area contributed by atoms with Crippen molar-refractivity contribution in [2.75, 3.05) is 44.8 Å². The molecular weight excluding hydrogens is 552 g/mol. The molecule has 44 heavy (non-hydrogen) atoms. The summed E-state index contributed by atoms with van der Waals surface area (Å²) in [4.78, 5) is 32.9. The van der Waals surface area contributed by atoms with Gasteiger partial charge in [-0.3, -0.25) is 14.5 Å². The predicted octanol–water partition coefficient (Wildman–Crippen LogP) is 5.65. The van der Waals surface area contributed by atoms with Crippen LogP contribution in [0, 0.1) is 0 Å². The Balaban J connectivity index is 0.987. The first kappa shape index (κ1) is 27.7. The minimum atomic E-state index is -0.352. The molecule has 7 rings (SSSR count). The number of fused-ring (bicyclic) bond motifs is 2. The fourth-order valence-corrected chi connectivity index (χ4v) is 6.01. The molecule has 1 fully saturated rings. The van der Waals surface area contributed by atoms with Gasteiger partial charge < -0.3 is 24.6 Å². The van der Waals surface area contributed by atoms with E-state index < -0.39 is 0 Å². The van der Waals surface area contributed by atoms with E-state index in [0.29, 0.717) is 42.3 Å². The number of nitrogens with one attached hydrogen (secondary N) is 1. The molecule has 8 heteroatoms. The first-order valence-electron chi connectivity index (χ1n) is 15.0. The minimum absolute atomic E-state index is 0.0303. The molecule has 1 saturated heterocycles. The van der Waals surface area contributed by atoms with E-state index in [4.69, 9.17) is 9.47 Å². The number of benzene rings is 4. The zero-order chi connectivity index (χ0) is 29.9. The molecule has 4 aromatic carbocycles. The number of amides is 2. The summed E-state index contributed by atoms with van der Waals surface area (Å²) >= 11 is 0. The van der Waals surface area contributed by atoms with Gasteiger partial charge in [-0.1, -0.05) is 66.7 Å². The maximum atomic E-state index is 13.5. The average Bonchev–Trinajstić information content (AvgIpc) is 3.64. The summed E-state index contributed by atoms with van der Waals surface area (Å²) in [5.41, 5.74) is 5.26. The van der Waals surface area contributed by atoms with Gasteiger partial charge in [-0.05, 0) is 53.6 Å². The molecule has 0 aromatic heterocycles. The van der Waals surface area contributed by atoms with Gasteiger partial charge in [-0.2, -0.15) is 0 Å². The SMILES string of the molecule is O=C(c1ccc(N[C@@H]2c3ccccc3C(=O)N2Cc2ccc3c(c2)OCO3)cc1)N1CCN(C/C=C/c2ccccc2)CC1. The number of hydrogen-bond acceptors (Lipinski definition) is 6. The highest BCUT2D eigenvalue weighted by Crippen LogP contribution is 2.38. The molecule has 3 aliphatic heterocycles. The van der Waals surface area contributed by atoms with Crippen molar-refractivity contribution < 1.29 is 19.1 Å². The highest BCUT2D eigenvalue weighted by atomic mass is 16.7. The van der Waals surface area contributed by atoms with Crippen molar-refractivity contribution in [1.82, 2.24) is 14.7 Å². The van der Waals surface area contributed by atoms with Gasteiger partial charge in [-0.15, -0.1) is 0 Å². The third kappa shape index (κ3) is 5.76. The summed E-state index contributed by atoms with van der Waals surface area (Å²) in [6, 6.07) is 31.3. The van der Waals surface area contributed by atoms with E-state index in [-0.39, 0.29) is 24.8 Å². The van der Waals surface area contributed by atoms with Crippen molar-refractivity contribution in [2.45, 2.75) is 12.7 Å². The second kappa shape index (κ2) is 12.3. The van der Waals surface area contributed by atoms with Crippen LogP contribution in [0.3, 0.4) is 0 Å². The number of rotatable bonds is 8. The van der Waals surface area contributed by atoms with Crippen molar-refractivity contribution in [2.24, 2.45) is 0 Å². The normalized spacial score (nSPS) is 17.7. The largest absolute Gasteiger partial charge is 0.454 e. The van der Waals surface area contributed by atoms with Gasteiger partial charge in [0.1, 0.15) is 6.17 Å². The molecular formula is C36H34N4O4. The van der Waals surface area contributed by atoms with E-state index in [1.54, 1.807) is 0 Å². The van der Waals surface area contributed by atoms with Gasteiger partial charge in [0.25, 0.3) is 11.8 Å². The van der Waals surface area contributed by atoms with Crippen LogP contribution in [0.1, 0.15) is 43.6 Å². The molecule has 8 nitrogen and oxygen atoms in total. The first-order valence-corrected chi connectivity index (χ1v) is 15.0. The van der Waals surface area contributed by atoms with E-state index in [1.165, 1.54) is 5.56 Å². The quantitative estimate of drug-likeness (QED) is 0.288. The summed E-state index contributed by atoms with van der Waals surface area (Å²) in [5, 5.41) is 3.54. The minimum Gasteiger partial charge on any atom is -0.454 e. The number of carbonyl (C=O) groups is 2. The van der Waals surface area contributed by atoms with E-state index in [9.17, 15) is 9.59 Å². The van der Waals surface area contributed by atoms with Crippen LogP contribution in [0.25, 0.3) is 6.08 Å². The molecule has 1 atom stereocenters. The van der Waals surface area contributed by atoms with E-state index in [2.05, 4.69) is 34.5 Å². The summed E-state index contributed by atoms with van der Waals surface area (Å²) in [7, 11) is 0. The average molecular weight is 587 g/mol. The number of anilines is 1. The van der Waals surface area contributed by atoms with Gasteiger partial charge in [-0.25, -0.2) is 0 Å². The van der Waals surface area contributed by atoms with Gasteiger partial charge >= 0.3 is 0 Å². The monoisotopic (exact) mass is 586 g/mol. The van der Waals surface area contributed by atoms with Gasteiger partial charge in [0.2, 0.25) is 6.79 Å². The highest BCUT2D eigenvalue weighted by Gasteiger charge is 2.36. The molecule has 0 unspecified atom stereocenters. The number of carbonyl (C=O) groups excluding carboxylic acids is 2. The Bertz CT molecular complexity index is 1680. The van der Waals surface area contributed by atoms with E-state index in [0.717, 1.165) is 36.4 Å². The van der Waals surface area contributed by atoms with Crippen molar-refractivity contribution in [3.8, 4) is 11.5 Å². The lowest BCUT2D eigenvalue weighted by molar-refractivity contribution is 0.0650. The highest BCUT2D eigenvalue weighted by molar-refractivity contribution is 5.99. The van der Waals surface area contributed by atoms with Gasteiger partial charge in [0, 0.05) is 61.6 Å². The number of piperazine rings is 1. The molecule has 0 aliphatic carbocycles. The van der Waals surface area contributed by atoms with Gasteiger partial charge in [0.15, 0.2) is 11.5 Å². The molecule has 0 spiro atoms. The number of ether oxygens (including phenoxy) is 2. The molecule has 0 bridgehead atoms. The number of nitrogens with zero attached hydrogens (tertiary/aromatic N) is 3. The standard InChI is InChI=1S/C36H34N4O4/c41-35(39-21-19-38(20-22-39)18-6-9-26-7-2-1-3-8-26)28-13-15-29(16-14-28)37-34-30-10-4-5-11-31(30)36(42)40(34)24-27-12-17-32-33(23-27)44-25-43-32/h1-17,23,34,37H,18-22,24-25H2/b9-6+/t34-/m0/s1. The van der Waals surface area contributed by atoms with Crippen molar-refractivity contribution in [3.63, 3.8) is 0 Å². The Kier molecular flexibility index (Phi) is 7.73. The summed E-state index contributed by atoms with van der Waals surface area (Å²) in [5.74, 6) is 1.42. The lowest BCUT2D eigenvalue weighted by Crippen LogP contribution is -2.48. The Morgan fingerprint density at radius 3 is 2.41 bits per heavy atom. The smallest absolute Gasteiger partial charge is 0.256 e. The van der Waals surface area contributed by atoms with Crippen LogP contribution < -0.4 is 14.8 Å². The first-order chi connectivity index (χ1) is 21.6. The van der Waals surface area contributed by atoms with Crippen molar-refractivity contribution >= 4 is 23.6 Å². The molecule has 0 saturated carbocycles. The Labute approximate surface area is 257 Å².